The number of hydroxylamine groups is 1. The molecule has 0 spiro atoms. The van der Waals surface area contributed by atoms with E-state index in [9.17, 15) is 4.79 Å². The molecule has 1 heterocycles. The number of nitrogens with two attached hydrogens (primary N) is 2. The molecule has 0 unspecified atom stereocenters. The van der Waals surface area contributed by atoms with Crippen molar-refractivity contribution in [2.24, 2.45) is 5.16 Å². The van der Waals surface area contributed by atoms with Crippen molar-refractivity contribution in [1.82, 2.24) is 5.48 Å². The van der Waals surface area contributed by atoms with Crippen LogP contribution >= 0.6 is 0 Å². The van der Waals surface area contributed by atoms with Crippen LogP contribution < -0.4 is 27.5 Å². The van der Waals surface area contributed by atoms with Crippen LogP contribution in [0, 0.1) is 0 Å². The van der Waals surface area contributed by atoms with Crippen LogP contribution in [0.1, 0.15) is 15.9 Å². The zero-order chi connectivity index (χ0) is 28.4. The molecule has 1 aliphatic rings. The molecule has 0 aromatic heterocycles. The Morgan fingerprint density at radius 3 is 1.61 bits per heavy atom. The Balaban J connectivity index is 1.70. The molecule has 8 nitrogen and oxygen atoms in total. The number of oxime groups is 1. The monoisotopic (exact) mass is 653 g/mol. The van der Waals surface area contributed by atoms with Gasteiger partial charge in [-0.15, -0.1) is 0 Å². The molecule has 41 heavy (non-hydrogen) atoms. The molecule has 1 amide bonds. The Morgan fingerprint density at radius 1 is 0.634 bits per heavy atom. The molecule has 0 saturated carbocycles. The molecule has 5 N–H and O–H groups in total. The van der Waals surface area contributed by atoms with E-state index in [0.29, 0.717) is 27.5 Å². The van der Waals surface area contributed by atoms with E-state index >= 15 is 0 Å². The number of carbonyl (C=O) groups is 1. The SMILES string of the molecule is Nc1ccccc1C(=O)N[O][Sb-]1([c]2ccccc2)([c]2ccccc2)([c]2ccccc2)[O]N=C(c2ccccc2N)[O]1. The first-order chi connectivity index (χ1) is 19.9. The molecule has 6 rings (SSSR count). The van der Waals surface area contributed by atoms with Gasteiger partial charge in [-0.3, -0.25) is 0 Å². The fourth-order valence-corrected chi connectivity index (χ4v) is 21.0. The van der Waals surface area contributed by atoms with Gasteiger partial charge < -0.3 is 0 Å². The summed E-state index contributed by atoms with van der Waals surface area (Å²) in [5, 5.41) is 4.56. The first kappa shape index (κ1) is 26.4. The van der Waals surface area contributed by atoms with Crippen LogP contribution in [0.25, 0.3) is 0 Å². The Hall–Kier alpha value is -4.78. The van der Waals surface area contributed by atoms with Crippen LogP contribution in [0.4, 0.5) is 11.4 Å². The number of carbonyl (C=O) groups excluding carboxylic acids is 1. The summed E-state index contributed by atoms with van der Waals surface area (Å²) in [6.07, 6.45) is 0. The fourth-order valence-electron chi connectivity index (χ4n) is 5.28. The van der Waals surface area contributed by atoms with E-state index in [-0.39, 0.29) is 11.5 Å². The Bertz CT molecular complexity index is 1680. The molecule has 1 aliphatic heterocycles. The van der Waals surface area contributed by atoms with Crippen LogP contribution in [0.2, 0.25) is 0 Å². The molecule has 5 aromatic rings. The average Bonchev–Trinajstić information content (AvgIpc) is 3.42. The van der Waals surface area contributed by atoms with Crippen molar-refractivity contribution in [3.8, 4) is 0 Å². The standard InChI is InChI=1S/C7H8N2O2.C7H7N2O2.3C6H5.Sb/c2*8-6-4-2-1-3-5(6)7(10)9-11;3*1-2-4-6-5-3-1;/h1-4,11H,8H2,(H,9,10);1-4H,(H3-,8,9,10,11);3*1-5H;/q;-1;;;;+2/p-2. The van der Waals surface area contributed by atoms with Gasteiger partial charge in [0.25, 0.3) is 0 Å². The Kier molecular flexibility index (Phi) is 6.25. The number of nitrogen functional groups attached to an aromatic ring is 2. The molecule has 0 fully saturated rings. The van der Waals surface area contributed by atoms with Crippen molar-refractivity contribution in [3.05, 3.63) is 151 Å². The van der Waals surface area contributed by atoms with Crippen LogP contribution in [0.3, 0.4) is 0 Å². The quantitative estimate of drug-likeness (QED) is 0.141. The minimum atomic E-state index is -6.90. The van der Waals surface area contributed by atoms with Crippen LogP contribution in [-0.2, 0) is 9.25 Å². The summed E-state index contributed by atoms with van der Waals surface area (Å²) in [6.45, 7) is 0. The normalized spacial score (nSPS) is 17.7. The Morgan fingerprint density at radius 2 is 1.10 bits per heavy atom. The minimum absolute atomic E-state index is 0.127. The van der Waals surface area contributed by atoms with E-state index in [1.165, 1.54) is 0 Å². The van der Waals surface area contributed by atoms with Gasteiger partial charge in [0.2, 0.25) is 0 Å². The zero-order valence-corrected chi connectivity index (χ0v) is 24.5. The molecular formula is C32H28N4O4Sb-. The molecule has 0 atom stereocenters. The number of para-hydroxylation sites is 2. The van der Waals surface area contributed by atoms with Gasteiger partial charge >= 0.3 is 238 Å². The fraction of sp³-hybridized carbons (Fsp3) is 0. The maximum atomic E-state index is 13.7. The number of amides is 1. The molecule has 9 heteroatoms. The number of anilines is 2. The summed E-state index contributed by atoms with van der Waals surface area (Å²) < 4.78 is 22.7. The van der Waals surface area contributed by atoms with Gasteiger partial charge in [-0.2, -0.15) is 0 Å². The molecule has 206 valence electrons. The molecule has 0 radical (unpaired) electrons. The third-order valence-electron chi connectivity index (χ3n) is 7.35. The van der Waals surface area contributed by atoms with Gasteiger partial charge in [-0.25, -0.2) is 0 Å². The predicted octanol–water partition coefficient (Wildman–Crippen LogP) is 3.49. The molecule has 0 saturated heterocycles. The number of rotatable bonds is 7. The summed E-state index contributed by atoms with van der Waals surface area (Å²) >= 11 is -6.90. The van der Waals surface area contributed by atoms with Crippen molar-refractivity contribution < 1.29 is 14.0 Å². The topological polar surface area (TPSA) is 121 Å². The van der Waals surface area contributed by atoms with Crippen molar-refractivity contribution in [3.63, 3.8) is 0 Å². The summed E-state index contributed by atoms with van der Waals surface area (Å²) in [4.78, 5) is 13.7. The number of benzene rings is 5. The first-order valence-corrected chi connectivity index (χ1v) is 19.9. The first-order valence-electron chi connectivity index (χ1n) is 13.0. The van der Waals surface area contributed by atoms with E-state index in [1.54, 1.807) is 36.4 Å². The van der Waals surface area contributed by atoms with Crippen molar-refractivity contribution in [2.45, 2.75) is 0 Å². The van der Waals surface area contributed by atoms with Crippen molar-refractivity contribution in [2.75, 3.05) is 11.5 Å². The molecule has 5 aromatic carbocycles. The van der Waals surface area contributed by atoms with E-state index in [1.807, 2.05) is 103 Å². The predicted molar refractivity (Wildman–Crippen MR) is 163 cm³/mol. The van der Waals surface area contributed by atoms with Gasteiger partial charge in [0.05, 0.1) is 0 Å². The number of nitrogens with zero attached hydrogens (tertiary/aromatic N) is 1. The van der Waals surface area contributed by atoms with Crippen LogP contribution in [-0.4, -0.2) is 29.1 Å². The second-order valence-corrected chi connectivity index (χ2v) is 23.5. The van der Waals surface area contributed by atoms with Crippen LogP contribution in [0.5, 0.6) is 0 Å². The molecule has 0 bridgehead atoms. The van der Waals surface area contributed by atoms with Crippen molar-refractivity contribution in [1.29, 1.82) is 0 Å². The van der Waals surface area contributed by atoms with E-state index < -0.39 is 23.2 Å². The molecule has 0 aliphatic carbocycles. The summed E-state index contributed by atoms with van der Waals surface area (Å²) in [7, 11) is 0. The number of hydrogen-bond donors (Lipinski definition) is 3. The second-order valence-electron chi connectivity index (χ2n) is 9.65. The maximum absolute atomic E-state index is 13.7. The Labute approximate surface area is 236 Å². The zero-order valence-electron chi connectivity index (χ0n) is 22.0. The summed E-state index contributed by atoms with van der Waals surface area (Å²) in [6, 6.07) is 42.0. The van der Waals surface area contributed by atoms with Gasteiger partial charge in [-0.05, 0) is 0 Å². The van der Waals surface area contributed by atoms with Crippen LogP contribution in [0.15, 0.2) is 145 Å². The summed E-state index contributed by atoms with van der Waals surface area (Å²) in [5.41, 5.74) is 16.7. The van der Waals surface area contributed by atoms with Gasteiger partial charge in [0, 0.05) is 0 Å². The van der Waals surface area contributed by atoms with Gasteiger partial charge in [0.1, 0.15) is 0 Å². The van der Waals surface area contributed by atoms with E-state index in [0.717, 1.165) is 0 Å². The third-order valence-corrected chi connectivity index (χ3v) is 24.2. The number of nitrogens with one attached hydrogen (secondary N) is 1. The summed E-state index contributed by atoms with van der Waals surface area (Å²) in [5.74, 6) is -0.445. The third kappa shape index (κ3) is 3.72. The number of hydrogen-bond acceptors (Lipinski definition) is 7. The molecular weight excluding hydrogens is 626 g/mol. The van der Waals surface area contributed by atoms with E-state index in [4.69, 9.17) is 20.7 Å². The average molecular weight is 654 g/mol. The van der Waals surface area contributed by atoms with Gasteiger partial charge in [-0.1, -0.05) is 0 Å². The second kappa shape index (κ2) is 9.69. The van der Waals surface area contributed by atoms with Crippen molar-refractivity contribution >= 4 is 51.0 Å². The van der Waals surface area contributed by atoms with E-state index in [2.05, 4.69) is 10.6 Å². The van der Waals surface area contributed by atoms with Gasteiger partial charge in [0.15, 0.2) is 0 Å².